The van der Waals surface area contributed by atoms with Crippen molar-refractivity contribution in [2.24, 2.45) is 7.05 Å². The summed E-state index contributed by atoms with van der Waals surface area (Å²) in [6.07, 6.45) is 3.25. The average Bonchev–Trinajstić information content (AvgIpc) is 3.44. The molecule has 0 saturated carbocycles. The van der Waals surface area contributed by atoms with E-state index in [-0.39, 0.29) is 23.1 Å². The summed E-state index contributed by atoms with van der Waals surface area (Å²) in [7, 11) is -1.91. The summed E-state index contributed by atoms with van der Waals surface area (Å²) in [4.78, 5) is 12.8. The molecule has 31 heavy (non-hydrogen) atoms. The standard InChI is InChI=1S/C21H23N5O4S/c1-26-14-22-25-20(26)15-5-2-7-17(11-15)24-21(27)16-6-3-9-19(12-16)31(28,29)23-13-18-8-4-10-30-18/h2-3,5-7,9,11-12,14,18,23H,4,8,10,13H2,1H3,(H,24,27). The van der Waals surface area contributed by atoms with E-state index in [9.17, 15) is 13.2 Å². The summed E-state index contributed by atoms with van der Waals surface area (Å²) in [5.41, 5.74) is 1.60. The number of carbonyl (C=O) groups is 1. The smallest absolute Gasteiger partial charge is 0.255 e. The number of anilines is 1. The molecule has 0 spiro atoms. The third kappa shape index (κ3) is 4.98. The highest BCUT2D eigenvalue weighted by Crippen LogP contribution is 2.21. The van der Waals surface area contributed by atoms with Gasteiger partial charge in [0.25, 0.3) is 5.91 Å². The zero-order chi connectivity index (χ0) is 21.8. The number of carbonyl (C=O) groups excluding carboxylic acids is 1. The summed E-state index contributed by atoms with van der Waals surface area (Å²) in [6, 6.07) is 13.1. The SMILES string of the molecule is Cn1cnnc1-c1cccc(NC(=O)c2cccc(S(=O)(=O)NCC3CCCO3)c2)c1. The molecule has 3 aromatic rings. The number of benzene rings is 2. The summed E-state index contributed by atoms with van der Waals surface area (Å²) < 4.78 is 35.0. The van der Waals surface area contributed by atoms with Gasteiger partial charge in [-0.1, -0.05) is 18.2 Å². The van der Waals surface area contributed by atoms with Crippen molar-refractivity contribution < 1.29 is 17.9 Å². The Morgan fingerprint density at radius 1 is 1.23 bits per heavy atom. The van der Waals surface area contributed by atoms with Crippen molar-refractivity contribution in [2.45, 2.75) is 23.8 Å². The molecule has 1 amide bonds. The Morgan fingerprint density at radius 2 is 2.06 bits per heavy atom. The van der Waals surface area contributed by atoms with Crippen LogP contribution in [0.15, 0.2) is 59.8 Å². The van der Waals surface area contributed by atoms with E-state index in [4.69, 9.17) is 4.74 Å². The number of sulfonamides is 1. The molecule has 2 aromatic carbocycles. The molecular formula is C21H23N5O4S. The Hall–Kier alpha value is -3.08. The van der Waals surface area contributed by atoms with Gasteiger partial charge in [-0.2, -0.15) is 0 Å². The number of amides is 1. The molecule has 1 aliphatic heterocycles. The zero-order valence-corrected chi connectivity index (χ0v) is 17.8. The second kappa shape index (κ2) is 8.96. The van der Waals surface area contributed by atoms with Crippen molar-refractivity contribution in [1.82, 2.24) is 19.5 Å². The number of aromatic nitrogens is 3. The van der Waals surface area contributed by atoms with E-state index >= 15 is 0 Å². The fourth-order valence-corrected chi connectivity index (χ4v) is 4.49. The quantitative estimate of drug-likeness (QED) is 0.581. The number of hydrogen-bond donors (Lipinski definition) is 2. The van der Waals surface area contributed by atoms with Gasteiger partial charge in [0.05, 0.1) is 11.0 Å². The molecule has 9 nitrogen and oxygen atoms in total. The molecule has 2 N–H and O–H groups in total. The second-order valence-corrected chi connectivity index (χ2v) is 9.08. The van der Waals surface area contributed by atoms with Gasteiger partial charge in [-0.25, -0.2) is 13.1 Å². The van der Waals surface area contributed by atoms with Crippen molar-refractivity contribution >= 4 is 21.6 Å². The largest absolute Gasteiger partial charge is 0.377 e. The molecule has 0 bridgehead atoms. The first-order chi connectivity index (χ1) is 14.9. The highest BCUT2D eigenvalue weighted by molar-refractivity contribution is 7.89. The Labute approximate surface area is 180 Å². The maximum Gasteiger partial charge on any atom is 0.255 e. The van der Waals surface area contributed by atoms with Gasteiger partial charge in [-0.3, -0.25) is 4.79 Å². The molecule has 1 atom stereocenters. The highest BCUT2D eigenvalue weighted by atomic mass is 32.2. The lowest BCUT2D eigenvalue weighted by molar-refractivity contribution is 0.102. The summed E-state index contributed by atoms with van der Waals surface area (Å²) in [6.45, 7) is 0.869. The van der Waals surface area contributed by atoms with Gasteiger partial charge in [-0.15, -0.1) is 10.2 Å². The molecule has 1 unspecified atom stereocenters. The van der Waals surface area contributed by atoms with Crippen LogP contribution in [0.1, 0.15) is 23.2 Å². The lowest BCUT2D eigenvalue weighted by atomic mass is 10.1. The van der Waals surface area contributed by atoms with Crippen molar-refractivity contribution in [1.29, 1.82) is 0 Å². The third-order valence-corrected chi connectivity index (χ3v) is 6.44. The van der Waals surface area contributed by atoms with E-state index < -0.39 is 15.9 Å². The van der Waals surface area contributed by atoms with Crippen LogP contribution in [0.4, 0.5) is 5.69 Å². The van der Waals surface area contributed by atoms with Crippen molar-refractivity contribution in [3.05, 3.63) is 60.4 Å². The lowest BCUT2D eigenvalue weighted by Gasteiger charge is -2.12. The van der Waals surface area contributed by atoms with Crippen LogP contribution in [0.2, 0.25) is 0 Å². The van der Waals surface area contributed by atoms with Gasteiger partial charge in [0.15, 0.2) is 5.82 Å². The molecule has 162 valence electrons. The molecule has 1 saturated heterocycles. The second-order valence-electron chi connectivity index (χ2n) is 7.32. The fraction of sp³-hybridized carbons (Fsp3) is 0.286. The van der Waals surface area contributed by atoms with Crippen LogP contribution in [0.25, 0.3) is 11.4 Å². The number of rotatable bonds is 7. The summed E-state index contributed by atoms with van der Waals surface area (Å²) in [5, 5.41) is 10.7. The van der Waals surface area contributed by atoms with Crippen molar-refractivity contribution in [2.75, 3.05) is 18.5 Å². The molecule has 1 fully saturated rings. The lowest BCUT2D eigenvalue weighted by Crippen LogP contribution is -2.32. The number of nitrogens with one attached hydrogen (secondary N) is 2. The number of ether oxygens (including phenoxy) is 1. The normalized spacial score (nSPS) is 16.4. The Morgan fingerprint density at radius 3 is 2.81 bits per heavy atom. The molecule has 0 radical (unpaired) electrons. The first kappa shape index (κ1) is 21.2. The molecule has 2 heterocycles. The van der Waals surface area contributed by atoms with Crippen molar-refractivity contribution in [3.63, 3.8) is 0 Å². The van der Waals surface area contributed by atoms with Crippen LogP contribution in [-0.2, 0) is 21.8 Å². The maximum absolute atomic E-state index is 12.7. The Bertz CT molecular complexity index is 1190. The first-order valence-corrected chi connectivity index (χ1v) is 11.4. The number of hydrogen-bond acceptors (Lipinski definition) is 6. The molecule has 1 aromatic heterocycles. The topological polar surface area (TPSA) is 115 Å². The van der Waals surface area contributed by atoms with E-state index in [2.05, 4.69) is 20.2 Å². The van der Waals surface area contributed by atoms with Crippen LogP contribution in [0.5, 0.6) is 0 Å². The van der Waals surface area contributed by atoms with E-state index in [0.29, 0.717) is 18.1 Å². The van der Waals surface area contributed by atoms with E-state index in [1.807, 2.05) is 13.1 Å². The number of aryl methyl sites for hydroxylation is 1. The minimum Gasteiger partial charge on any atom is -0.377 e. The van der Waals surface area contributed by atoms with Crippen LogP contribution in [0, 0.1) is 0 Å². The maximum atomic E-state index is 12.7. The molecule has 0 aliphatic carbocycles. The van der Waals surface area contributed by atoms with Crippen LogP contribution in [0.3, 0.4) is 0 Å². The fourth-order valence-electron chi connectivity index (χ4n) is 3.38. The van der Waals surface area contributed by atoms with E-state index in [1.54, 1.807) is 41.2 Å². The van der Waals surface area contributed by atoms with Gasteiger partial charge in [-0.05, 0) is 43.2 Å². The van der Waals surface area contributed by atoms with E-state index in [0.717, 1.165) is 18.4 Å². The molecule has 4 rings (SSSR count). The molecule has 1 aliphatic rings. The van der Waals surface area contributed by atoms with Gasteiger partial charge < -0.3 is 14.6 Å². The minimum absolute atomic E-state index is 0.0333. The Kier molecular flexibility index (Phi) is 6.12. The molecular weight excluding hydrogens is 418 g/mol. The monoisotopic (exact) mass is 441 g/mol. The van der Waals surface area contributed by atoms with Gasteiger partial charge >= 0.3 is 0 Å². The van der Waals surface area contributed by atoms with Crippen molar-refractivity contribution in [3.8, 4) is 11.4 Å². The summed E-state index contributed by atoms with van der Waals surface area (Å²) >= 11 is 0. The third-order valence-electron chi connectivity index (χ3n) is 5.02. The molecule has 10 heteroatoms. The predicted molar refractivity (Wildman–Crippen MR) is 115 cm³/mol. The predicted octanol–water partition coefficient (Wildman–Crippen LogP) is 2.19. The summed E-state index contributed by atoms with van der Waals surface area (Å²) in [5.74, 6) is 0.257. The average molecular weight is 442 g/mol. The van der Waals surface area contributed by atoms with E-state index in [1.165, 1.54) is 12.1 Å². The first-order valence-electron chi connectivity index (χ1n) is 9.89. The number of nitrogens with zero attached hydrogens (tertiary/aromatic N) is 3. The zero-order valence-electron chi connectivity index (χ0n) is 17.0. The van der Waals surface area contributed by atoms with Crippen LogP contribution >= 0.6 is 0 Å². The Balaban J connectivity index is 1.48. The highest BCUT2D eigenvalue weighted by Gasteiger charge is 2.21. The van der Waals surface area contributed by atoms with Gasteiger partial charge in [0, 0.05) is 37.0 Å². The van der Waals surface area contributed by atoms with Crippen LogP contribution in [-0.4, -0.2) is 48.3 Å². The van der Waals surface area contributed by atoms with Crippen LogP contribution < -0.4 is 10.0 Å². The van der Waals surface area contributed by atoms with Gasteiger partial charge in [0.2, 0.25) is 10.0 Å². The van der Waals surface area contributed by atoms with Gasteiger partial charge in [0.1, 0.15) is 6.33 Å². The minimum atomic E-state index is -3.75.